The zero-order valence-electron chi connectivity index (χ0n) is 46.1. The molecule has 0 unspecified atom stereocenters. The molecule has 0 aliphatic rings. The number of carbonyl (C=O) groups is 1. The molecule has 77 heavy (non-hydrogen) atoms. The molecule has 22 nitrogen and oxygen atoms in total. The Bertz CT molecular complexity index is 2990. The molecule has 0 amide bonds. The molecule has 4 N–H and O–H groups in total. The van der Waals surface area contributed by atoms with Crippen LogP contribution in [0, 0.1) is 26.0 Å². The van der Waals surface area contributed by atoms with E-state index in [4.69, 9.17) is 33.3 Å². The minimum Gasteiger partial charge on any atom is -1.00 e. The molecule has 0 aliphatic heterocycles. The maximum atomic E-state index is 13.5. The van der Waals surface area contributed by atoms with Gasteiger partial charge in [-0.2, -0.15) is 14.4 Å². The molecule has 6 rings (SSSR count). The molecule has 2 aromatic heterocycles. The summed E-state index contributed by atoms with van der Waals surface area (Å²) in [6.45, 7) is 11.4. The number of nitro groups is 2. The average Bonchev–Trinajstić information content (AvgIpc) is 3.35. The third-order valence-electron chi connectivity index (χ3n) is 10.1. The van der Waals surface area contributed by atoms with Crippen LogP contribution in [0.15, 0.2) is 97.3 Å². The van der Waals surface area contributed by atoms with Gasteiger partial charge in [0, 0.05) is 54.3 Å². The standard InChI is InChI=1S/C23H29ClN7O3P.C18H16ClFN5O3P.C6H15N.CH2O3.2K.H/c1-29(2)12-13-30(3)19-11-10-16(14-20(19)31(32)33)26-23-25-15-17(24)22(28-23)27-18-8-6-7-9-21(18)35(4,5)34;1-29(2,28)16-6-4-3-5-14(16)23-17-12(19)10-21-18(24-17)22-11-7-8-13(20)15(9-11)25(26)27;1-4-5-6-7(2)3;2-1-4-3;;;/h6-11,14-15H,12-13H2,1-5H3,(H2,25,26,27,28);3-10H,1-2H3,(H2,21,22,23,24);4-6H2,1-3H3;1,3H;;;/q;;;;2*+1;-1/p-1. The van der Waals surface area contributed by atoms with E-state index in [9.17, 15) is 33.7 Å². The van der Waals surface area contributed by atoms with Crippen molar-refractivity contribution in [3.05, 3.63) is 133 Å². The molecule has 29 heteroatoms. The van der Waals surface area contributed by atoms with Gasteiger partial charge in [-0.25, -0.2) is 9.97 Å². The predicted molar refractivity (Wildman–Crippen MR) is 298 cm³/mol. The number of benzene rings is 4. The number of hydrogen-bond donors (Lipinski definition) is 4. The monoisotopic (exact) mass is 1190 g/mol. The Morgan fingerprint density at radius 2 is 1.09 bits per heavy atom. The summed E-state index contributed by atoms with van der Waals surface area (Å²) in [5.74, 6) is -0.0820. The van der Waals surface area contributed by atoms with Crippen LogP contribution >= 0.6 is 37.5 Å². The minimum absolute atomic E-state index is 0. The number of aromatic nitrogens is 4. The van der Waals surface area contributed by atoms with Crippen LogP contribution in [0.2, 0.25) is 10.0 Å². The Kier molecular flexibility index (Phi) is 32.7. The predicted octanol–water partition coefficient (Wildman–Crippen LogP) is 3.59. The van der Waals surface area contributed by atoms with Crippen LogP contribution in [0.5, 0.6) is 0 Å². The summed E-state index contributed by atoms with van der Waals surface area (Å²) in [5.41, 5.74) is 1.73. The average molecular weight is 1200 g/mol. The summed E-state index contributed by atoms with van der Waals surface area (Å²) < 4.78 is 38.7. The van der Waals surface area contributed by atoms with Gasteiger partial charge in [-0.3, -0.25) is 25.0 Å². The first kappa shape index (κ1) is 71.4. The van der Waals surface area contributed by atoms with Gasteiger partial charge in [-0.1, -0.05) is 60.8 Å². The summed E-state index contributed by atoms with van der Waals surface area (Å²) in [4.78, 5) is 55.7. The molecule has 0 fully saturated rings. The summed E-state index contributed by atoms with van der Waals surface area (Å²) >= 11 is 12.5. The Labute approximate surface area is 544 Å². The Balaban J connectivity index is 0.00000125. The van der Waals surface area contributed by atoms with E-state index in [-0.39, 0.29) is 150 Å². The van der Waals surface area contributed by atoms with Gasteiger partial charge in [0.1, 0.15) is 30.0 Å². The first-order valence-electron chi connectivity index (χ1n) is 22.7. The number of carbonyl (C=O) groups excluding carboxylic acids is 1. The molecule has 0 aliphatic carbocycles. The second-order valence-electron chi connectivity index (χ2n) is 17.5. The molecular formula is C48H62Cl2FK2N13O9P2. The van der Waals surface area contributed by atoms with E-state index in [0.717, 1.165) is 18.7 Å². The van der Waals surface area contributed by atoms with Crippen molar-refractivity contribution >= 4 is 118 Å². The quantitative estimate of drug-likeness (QED) is 0.0212. The molecule has 0 radical (unpaired) electrons. The first-order chi connectivity index (χ1) is 35.3. The molecule has 6 aromatic rings. The number of para-hydroxylation sites is 2. The molecular weight excluding hydrogens is 1130 g/mol. The smallest absolute Gasteiger partial charge is 1.00 e. The van der Waals surface area contributed by atoms with Crippen molar-refractivity contribution in [1.29, 1.82) is 0 Å². The Morgan fingerprint density at radius 1 is 0.675 bits per heavy atom. The van der Waals surface area contributed by atoms with Crippen molar-refractivity contribution in [2.24, 2.45) is 0 Å². The van der Waals surface area contributed by atoms with Gasteiger partial charge in [0.2, 0.25) is 17.7 Å². The number of nitrogens with zero attached hydrogens (tertiary/aromatic N) is 9. The Morgan fingerprint density at radius 3 is 1.47 bits per heavy atom. The largest absolute Gasteiger partial charge is 1.00 e. The van der Waals surface area contributed by atoms with Gasteiger partial charge < -0.3 is 56.7 Å². The molecule has 0 spiro atoms. The number of hydrogen-bond acceptors (Lipinski definition) is 20. The van der Waals surface area contributed by atoms with Crippen molar-refractivity contribution in [3.63, 3.8) is 0 Å². The second-order valence-corrected chi connectivity index (χ2v) is 24.7. The fourth-order valence-corrected chi connectivity index (χ4v) is 8.97. The van der Waals surface area contributed by atoms with E-state index in [0.29, 0.717) is 45.7 Å². The maximum Gasteiger partial charge on any atom is 1.00 e. The molecule has 406 valence electrons. The van der Waals surface area contributed by atoms with Gasteiger partial charge in [-0.15, -0.1) is 0 Å². The molecule has 0 atom stereocenters. The van der Waals surface area contributed by atoms with Crippen LogP contribution in [0.3, 0.4) is 0 Å². The fraction of sp³-hybridized carbons (Fsp3) is 0.312. The second kappa shape index (κ2) is 35.2. The first-order valence-corrected chi connectivity index (χ1v) is 28.6. The van der Waals surface area contributed by atoms with Gasteiger partial charge in [0.05, 0.1) is 33.6 Å². The third kappa shape index (κ3) is 24.8. The van der Waals surface area contributed by atoms with Crippen molar-refractivity contribution in [2.75, 3.05) is 108 Å². The summed E-state index contributed by atoms with van der Waals surface area (Å²) in [6, 6.07) is 22.6. The number of nitrogens with one attached hydrogen (secondary N) is 4. The number of rotatable bonds is 20. The van der Waals surface area contributed by atoms with Gasteiger partial charge >= 0.3 is 108 Å². The number of likely N-dealkylation sites (N-methyl/N-ethyl adjacent to an activating group) is 2. The van der Waals surface area contributed by atoms with Crippen LogP contribution in [-0.2, 0) is 18.8 Å². The fourth-order valence-electron chi connectivity index (χ4n) is 6.39. The molecule has 0 saturated heterocycles. The van der Waals surface area contributed by atoms with E-state index in [1.807, 2.05) is 43.1 Å². The van der Waals surface area contributed by atoms with Gasteiger partial charge in [-0.05, 0) is 116 Å². The molecule has 0 saturated carbocycles. The number of anilines is 9. The zero-order chi connectivity index (χ0) is 56.0. The summed E-state index contributed by atoms with van der Waals surface area (Å²) in [5, 5.41) is 44.8. The minimum atomic E-state index is -2.56. The van der Waals surface area contributed by atoms with E-state index < -0.39 is 35.6 Å². The van der Waals surface area contributed by atoms with Crippen LogP contribution in [0.4, 0.5) is 67.7 Å². The van der Waals surface area contributed by atoms with Crippen molar-refractivity contribution < 1.29 is 143 Å². The van der Waals surface area contributed by atoms with E-state index >= 15 is 0 Å². The number of halogens is 3. The van der Waals surface area contributed by atoms with E-state index in [1.165, 1.54) is 43.9 Å². The number of nitro benzene ring substituents is 2. The topological polar surface area (TPSA) is 279 Å². The van der Waals surface area contributed by atoms with Crippen molar-refractivity contribution in [3.8, 4) is 0 Å². The van der Waals surface area contributed by atoms with E-state index in [2.05, 4.69) is 72.0 Å². The number of unbranched alkanes of at least 4 members (excludes halogenated alkanes) is 1. The SMILES string of the molecule is CCCCN(C)C.CN(C)CCN(C)c1ccc(Nc2ncc(Cl)c(Nc3ccccc3P(C)(C)=O)n2)cc1[N+](=O)[O-].CP(C)(=O)c1ccccc1Nc1nc(Nc2ccc(F)c([N+](=O)[O-])c2)ncc1Cl.O=CO[O-].[H-].[K+].[K+]. The van der Waals surface area contributed by atoms with Crippen LogP contribution in [-0.4, -0.2) is 128 Å². The summed E-state index contributed by atoms with van der Waals surface area (Å²) in [6.07, 6.45) is 5.40. The maximum absolute atomic E-state index is 13.5. The van der Waals surface area contributed by atoms with Crippen LogP contribution in [0.1, 0.15) is 21.2 Å². The van der Waals surface area contributed by atoms with E-state index in [1.54, 1.807) is 75.2 Å². The van der Waals surface area contributed by atoms with Gasteiger partial charge in [0.15, 0.2) is 11.6 Å². The van der Waals surface area contributed by atoms with Crippen LogP contribution in [0.25, 0.3) is 0 Å². The molecule has 2 heterocycles. The molecule has 4 aromatic carbocycles. The Hall–Kier alpha value is -3.57. The zero-order valence-corrected chi connectivity index (χ0v) is 54.6. The third-order valence-corrected chi connectivity index (χ3v) is 13.7. The summed E-state index contributed by atoms with van der Waals surface area (Å²) in [7, 11) is 4.83. The molecule has 0 bridgehead atoms. The van der Waals surface area contributed by atoms with Crippen molar-refractivity contribution in [1.82, 2.24) is 29.7 Å². The van der Waals surface area contributed by atoms with Crippen molar-refractivity contribution in [2.45, 2.75) is 19.8 Å². The normalized spacial score (nSPS) is 10.6. The van der Waals surface area contributed by atoms with Gasteiger partial charge in [0.25, 0.3) is 12.2 Å². The van der Waals surface area contributed by atoms with Crippen LogP contribution < -0.4 is 145 Å².